The van der Waals surface area contributed by atoms with Crippen LogP contribution in [-0.2, 0) is 39.1 Å². The Kier molecular flexibility index (Phi) is 12.6. The average molecular weight is 819 g/mol. The monoisotopic (exact) mass is 818 g/mol. The molecule has 56 heavy (non-hydrogen) atoms. The molecule has 0 saturated carbocycles. The highest BCUT2D eigenvalue weighted by Gasteiger charge is 2.56. The molecule has 4 aliphatic heterocycles. The number of nitrogens with zero attached hydrogens (tertiary/aromatic N) is 4. The molecule has 0 bridgehead atoms. The number of nitrogens with two attached hydrogens (primary N) is 2. The van der Waals surface area contributed by atoms with Gasteiger partial charge in [0.05, 0.1) is 61.9 Å². The van der Waals surface area contributed by atoms with Crippen molar-refractivity contribution < 1.29 is 45.5 Å². The number of fused-ring (bicyclic) bond motifs is 2. The van der Waals surface area contributed by atoms with Crippen LogP contribution in [0.3, 0.4) is 0 Å². The summed E-state index contributed by atoms with van der Waals surface area (Å²) in [6.07, 6.45) is 0.916. The zero-order chi connectivity index (χ0) is 40.4. The number of likely N-dealkylation sites (tertiary alicyclic amines) is 2. The molecule has 4 aliphatic rings. The number of unbranched alkanes of at least 4 members (excludes halogenated alkanes) is 1. The van der Waals surface area contributed by atoms with Crippen LogP contribution < -0.4 is 22.1 Å². The second-order valence-electron chi connectivity index (χ2n) is 14.8. The Bertz CT molecular complexity index is 1840. The van der Waals surface area contributed by atoms with Gasteiger partial charge in [0.15, 0.2) is 0 Å². The normalized spacial score (nSPS) is 26.3. The van der Waals surface area contributed by atoms with E-state index in [4.69, 9.17) is 20.9 Å². The number of rotatable bonds is 13. The lowest BCUT2D eigenvalue weighted by molar-refractivity contribution is -0.136. The van der Waals surface area contributed by atoms with Crippen LogP contribution in [0, 0.1) is 0 Å². The minimum absolute atomic E-state index is 0.0972. The lowest BCUT2D eigenvalue weighted by atomic mass is 10.0. The summed E-state index contributed by atoms with van der Waals surface area (Å²) in [5.74, 6) is -0.792. The predicted octanol–water partition coefficient (Wildman–Crippen LogP) is 0.925. The molecule has 4 fully saturated rings. The zero-order valence-corrected chi connectivity index (χ0v) is 32.9. The SMILES string of the molecule is CS(=O)(=O)N1CC(OC(=O)Nc2ccccc2)C2C1CCN2C(=O)C(N)CCCCC(N)C(=O)N1CCC2C1C(OC(=O)Nc1ccccc1)CN2S(C)(=O)=O. The smallest absolute Gasteiger partial charge is 0.412 e. The van der Waals surface area contributed by atoms with Gasteiger partial charge in [-0.05, 0) is 49.9 Å². The van der Waals surface area contributed by atoms with Gasteiger partial charge in [0, 0.05) is 24.5 Å². The molecule has 18 nitrogen and oxygen atoms in total. The maximum atomic E-state index is 13.7. The highest BCUT2D eigenvalue weighted by Crippen LogP contribution is 2.37. The summed E-state index contributed by atoms with van der Waals surface area (Å²) in [4.78, 5) is 56.0. The van der Waals surface area contributed by atoms with Gasteiger partial charge in [-0.3, -0.25) is 20.2 Å². The van der Waals surface area contributed by atoms with Crippen LogP contribution in [0.5, 0.6) is 0 Å². The second-order valence-corrected chi connectivity index (χ2v) is 18.7. The average Bonchev–Trinajstić information content (AvgIpc) is 3.92. The van der Waals surface area contributed by atoms with Crippen LogP contribution >= 0.6 is 0 Å². The Morgan fingerprint density at radius 2 is 1.02 bits per heavy atom. The van der Waals surface area contributed by atoms with Gasteiger partial charge in [0.2, 0.25) is 31.9 Å². The van der Waals surface area contributed by atoms with Gasteiger partial charge >= 0.3 is 12.2 Å². The van der Waals surface area contributed by atoms with E-state index in [1.54, 1.807) is 60.7 Å². The van der Waals surface area contributed by atoms with Gasteiger partial charge in [-0.1, -0.05) is 49.2 Å². The highest BCUT2D eigenvalue weighted by atomic mass is 32.2. The largest absolute Gasteiger partial charge is 0.442 e. The van der Waals surface area contributed by atoms with E-state index in [9.17, 15) is 36.0 Å². The number of sulfonamides is 2. The van der Waals surface area contributed by atoms with Crippen molar-refractivity contribution in [1.82, 2.24) is 18.4 Å². The third kappa shape index (κ3) is 9.26. The number of anilines is 2. The molecule has 8 unspecified atom stereocenters. The number of hydrogen-bond donors (Lipinski definition) is 4. The molecule has 6 rings (SSSR count). The third-order valence-electron chi connectivity index (χ3n) is 11.0. The molecule has 20 heteroatoms. The van der Waals surface area contributed by atoms with Crippen LogP contribution in [0.1, 0.15) is 38.5 Å². The Labute approximate surface area is 326 Å². The maximum absolute atomic E-state index is 13.7. The molecule has 2 aromatic rings. The molecule has 6 N–H and O–H groups in total. The molecular formula is C36H50N8O10S2. The van der Waals surface area contributed by atoms with Crippen molar-refractivity contribution in [1.29, 1.82) is 0 Å². The molecule has 8 atom stereocenters. The fourth-order valence-corrected chi connectivity index (χ4v) is 10.7. The standard InChI is InChI=1S/C36H50N8O10S2/c1-55(49,50)43-21-29(53-35(47)39-23-11-5-3-6-12-23)31-27(43)17-19-41(31)33(45)25(37)15-9-10-16-26(38)34(46)42-20-18-28-32(42)30(22-44(28)56(2,51)52)54-36(48)40-24-13-7-4-8-14-24/h3-8,11-14,25-32H,9-10,15-22,37-38H2,1-2H3,(H,39,47)(H,40,48). The summed E-state index contributed by atoms with van der Waals surface area (Å²) in [5, 5.41) is 5.26. The van der Waals surface area contributed by atoms with Crippen molar-refractivity contribution in [3.05, 3.63) is 60.7 Å². The topological polar surface area (TPSA) is 244 Å². The number of carbonyl (C=O) groups excluding carboxylic acids is 4. The van der Waals surface area contributed by atoms with Gasteiger partial charge < -0.3 is 30.7 Å². The lowest BCUT2D eigenvalue weighted by Crippen LogP contribution is -2.52. The van der Waals surface area contributed by atoms with E-state index in [1.165, 1.54) is 18.4 Å². The van der Waals surface area contributed by atoms with Crippen molar-refractivity contribution in [3.63, 3.8) is 0 Å². The number of para-hydroxylation sites is 2. The molecule has 306 valence electrons. The maximum Gasteiger partial charge on any atom is 0.412 e. The molecule has 0 radical (unpaired) electrons. The molecular weight excluding hydrogens is 769 g/mol. The Morgan fingerprint density at radius 3 is 1.36 bits per heavy atom. The fraction of sp³-hybridized carbons (Fsp3) is 0.556. The third-order valence-corrected chi connectivity index (χ3v) is 13.5. The number of amides is 4. The number of carbonyl (C=O) groups is 4. The molecule has 4 saturated heterocycles. The van der Waals surface area contributed by atoms with Crippen molar-refractivity contribution in [2.45, 2.75) is 87.0 Å². The van der Waals surface area contributed by atoms with Gasteiger partial charge in [0.25, 0.3) is 0 Å². The van der Waals surface area contributed by atoms with Gasteiger partial charge in [-0.15, -0.1) is 0 Å². The molecule has 4 heterocycles. The van der Waals surface area contributed by atoms with Crippen molar-refractivity contribution in [2.24, 2.45) is 11.5 Å². The second kappa shape index (κ2) is 17.0. The first-order chi connectivity index (χ1) is 26.5. The molecule has 0 aliphatic carbocycles. The number of nitrogens with one attached hydrogen (secondary N) is 2. The van der Waals surface area contributed by atoms with E-state index in [0.717, 1.165) is 12.5 Å². The van der Waals surface area contributed by atoms with Crippen LogP contribution in [0.15, 0.2) is 60.7 Å². The molecule has 0 spiro atoms. The quantitative estimate of drug-likeness (QED) is 0.206. The van der Waals surface area contributed by atoms with E-state index in [1.807, 2.05) is 0 Å². The zero-order valence-electron chi connectivity index (χ0n) is 31.3. The van der Waals surface area contributed by atoms with Crippen molar-refractivity contribution >= 4 is 55.4 Å². The minimum Gasteiger partial charge on any atom is -0.442 e. The first-order valence-electron chi connectivity index (χ1n) is 18.6. The first kappa shape index (κ1) is 41.3. The molecule has 4 amide bonds. The van der Waals surface area contributed by atoms with E-state index in [0.29, 0.717) is 37.1 Å². The van der Waals surface area contributed by atoms with E-state index < -0.39 is 92.5 Å². The summed E-state index contributed by atoms with van der Waals surface area (Å²) in [6, 6.07) is 12.8. The number of hydrogen-bond acceptors (Lipinski definition) is 12. The predicted molar refractivity (Wildman–Crippen MR) is 206 cm³/mol. The Hall–Kier alpha value is -4.34. The summed E-state index contributed by atoms with van der Waals surface area (Å²) < 4.78 is 64.6. The van der Waals surface area contributed by atoms with Crippen LogP contribution in [0.2, 0.25) is 0 Å². The number of ether oxygens (including phenoxy) is 2. The van der Waals surface area contributed by atoms with Crippen molar-refractivity contribution in [3.8, 4) is 0 Å². The van der Waals surface area contributed by atoms with Crippen LogP contribution in [0.25, 0.3) is 0 Å². The van der Waals surface area contributed by atoms with Crippen molar-refractivity contribution in [2.75, 3.05) is 49.3 Å². The summed E-state index contributed by atoms with van der Waals surface area (Å²) in [7, 11) is -7.34. The minimum atomic E-state index is -3.67. The lowest BCUT2D eigenvalue weighted by Gasteiger charge is -2.30. The van der Waals surface area contributed by atoms with E-state index in [2.05, 4.69) is 10.6 Å². The summed E-state index contributed by atoms with van der Waals surface area (Å²) in [6.45, 7) is 0.279. The Morgan fingerprint density at radius 1 is 0.661 bits per heavy atom. The molecule has 2 aromatic carbocycles. The highest BCUT2D eigenvalue weighted by molar-refractivity contribution is 7.88. The Balaban J connectivity index is 1.02. The van der Waals surface area contributed by atoms with Crippen LogP contribution in [0.4, 0.5) is 21.0 Å². The molecule has 0 aromatic heterocycles. The number of benzene rings is 2. The van der Waals surface area contributed by atoms with Gasteiger partial charge in [-0.2, -0.15) is 8.61 Å². The van der Waals surface area contributed by atoms with E-state index in [-0.39, 0.29) is 39.0 Å². The first-order valence-corrected chi connectivity index (χ1v) is 22.3. The summed E-state index contributed by atoms with van der Waals surface area (Å²) >= 11 is 0. The fourth-order valence-electron chi connectivity index (χ4n) is 8.47. The summed E-state index contributed by atoms with van der Waals surface area (Å²) in [5.41, 5.74) is 13.8. The van der Waals surface area contributed by atoms with Crippen LogP contribution in [-0.4, -0.2) is 146 Å². The van der Waals surface area contributed by atoms with Gasteiger partial charge in [-0.25, -0.2) is 26.4 Å². The van der Waals surface area contributed by atoms with Gasteiger partial charge in [0.1, 0.15) is 12.2 Å². The van der Waals surface area contributed by atoms with E-state index >= 15 is 0 Å².